The van der Waals surface area contributed by atoms with Crippen molar-refractivity contribution in [1.29, 1.82) is 5.26 Å². The highest BCUT2D eigenvalue weighted by molar-refractivity contribution is 5.42. The van der Waals surface area contributed by atoms with E-state index in [0.29, 0.717) is 19.1 Å². The van der Waals surface area contributed by atoms with Crippen LogP contribution in [0.3, 0.4) is 0 Å². The Morgan fingerprint density at radius 1 is 1.32 bits per heavy atom. The van der Waals surface area contributed by atoms with Crippen molar-refractivity contribution >= 4 is 0 Å². The lowest BCUT2D eigenvalue weighted by Gasteiger charge is -2.32. The Morgan fingerprint density at radius 2 is 2.12 bits per heavy atom. The second kappa shape index (κ2) is 10.9. The average molecular weight is 347 g/mol. The van der Waals surface area contributed by atoms with E-state index >= 15 is 0 Å². The van der Waals surface area contributed by atoms with E-state index in [1.54, 1.807) is 7.11 Å². The van der Waals surface area contributed by atoms with Gasteiger partial charge >= 0.3 is 0 Å². The second-order valence-electron chi connectivity index (χ2n) is 6.22. The molecule has 0 spiro atoms. The first-order valence-electron chi connectivity index (χ1n) is 8.93. The minimum Gasteiger partial charge on any atom is -0.493 e. The third-order valence-corrected chi connectivity index (χ3v) is 4.36. The standard InChI is InChI=1S/C19H29N3O3/c1-16(22-8-11-24-12-9-22)14-21-15-17-5-6-18(23-2)19(13-17)25-10-4-3-7-20/h5-6,13,16,21H,3-4,8-12,14-15H2,1-2H3. The number of nitrogens with one attached hydrogen (secondary N) is 1. The van der Waals surface area contributed by atoms with Crippen molar-refractivity contribution in [2.75, 3.05) is 46.6 Å². The number of morpholine rings is 1. The van der Waals surface area contributed by atoms with Gasteiger partial charge in [0.05, 0.1) is 33.0 Å². The van der Waals surface area contributed by atoms with Crippen LogP contribution in [0.25, 0.3) is 0 Å². The molecule has 25 heavy (non-hydrogen) atoms. The highest BCUT2D eigenvalue weighted by Crippen LogP contribution is 2.28. The molecule has 0 aliphatic carbocycles. The van der Waals surface area contributed by atoms with Crippen LogP contribution in [0.5, 0.6) is 11.5 Å². The van der Waals surface area contributed by atoms with Gasteiger partial charge in [0.1, 0.15) is 0 Å². The maximum Gasteiger partial charge on any atom is 0.161 e. The molecule has 0 aromatic heterocycles. The van der Waals surface area contributed by atoms with Gasteiger partial charge in [-0.2, -0.15) is 5.26 Å². The van der Waals surface area contributed by atoms with Crippen molar-refractivity contribution in [3.05, 3.63) is 23.8 Å². The van der Waals surface area contributed by atoms with E-state index in [1.807, 2.05) is 18.2 Å². The molecule has 1 unspecified atom stereocenters. The molecule has 0 amide bonds. The topological polar surface area (TPSA) is 66.8 Å². The first-order valence-corrected chi connectivity index (χ1v) is 8.93. The molecule has 0 saturated carbocycles. The molecule has 0 radical (unpaired) electrons. The summed E-state index contributed by atoms with van der Waals surface area (Å²) in [6, 6.07) is 8.61. The number of rotatable bonds is 10. The zero-order valence-corrected chi connectivity index (χ0v) is 15.3. The largest absolute Gasteiger partial charge is 0.493 e. The molecule has 1 aromatic rings. The SMILES string of the molecule is COc1ccc(CNCC(C)N2CCOCC2)cc1OCCCC#N. The van der Waals surface area contributed by atoms with Crippen LogP contribution in [0.15, 0.2) is 18.2 Å². The Labute approximate surface area is 150 Å². The summed E-state index contributed by atoms with van der Waals surface area (Å²) < 4.78 is 16.5. The van der Waals surface area contributed by atoms with Gasteiger partial charge in [0.15, 0.2) is 11.5 Å². The Morgan fingerprint density at radius 3 is 2.84 bits per heavy atom. The molecule has 6 heteroatoms. The Bertz CT molecular complexity index is 553. The summed E-state index contributed by atoms with van der Waals surface area (Å²) in [6.07, 6.45) is 1.22. The highest BCUT2D eigenvalue weighted by atomic mass is 16.5. The molecule has 1 heterocycles. The summed E-state index contributed by atoms with van der Waals surface area (Å²) in [7, 11) is 1.64. The van der Waals surface area contributed by atoms with Crippen LogP contribution in [0, 0.1) is 11.3 Å². The van der Waals surface area contributed by atoms with Gasteiger partial charge in [-0.25, -0.2) is 0 Å². The normalized spacial score (nSPS) is 16.2. The summed E-state index contributed by atoms with van der Waals surface area (Å²) in [5.74, 6) is 1.46. The number of benzene rings is 1. The van der Waals surface area contributed by atoms with Crippen molar-refractivity contribution in [2.24, 2.45) is 0 Å². The minimum atomic E-state index is 0.490. The highest BCUT2D eigenvalue weighted by Gasteiger charge is 2.16. The molecule has 2 rings (SSSR count). The summed E-state index contributed by atoms with van der Waals surface area (Å²) in [6.45, 7) is 8.16. The van der Waals surface area contributed by atoms with E-state index in [4.69, 9.17) is 19.5 Å². The van der Waals surface area contributed by atoms with Gasteiger partial charge in [0, 0.05) is 38.6 Å². The van der Waals surface area contributed by atoms with E-state index in [9.17, 15) is 0 Å². The van der Waals surface area contributed by atoms with Gasteiger partial charge in [-0.3, -0.25) is 4.90 Å². The Balaban J connectivity index is 1.81. The molecule has 6 nitrogen and oxygen atoms in total. The number of nitriles is 1. The molecule has 1 saturated heterocycles. The Hall–Kier alpha value is -1.81. The molecular formula is C19H29N3O3. The number of unbranched alkanes of at least 4 members (excludes halogenated alkanes) is 1. The van der Waals surface area contributed by atoms with Gasteiger partial charge in [-0.05, 0) is 31.0 Å². The van der Waals surface area contributed by atoms with Gasteiger partial charge < -0.3 is 19.5 Å². The molecule has 138 valence electrons. The summed E-state index contributed by atoms with van der Waals surface area (Å²) in [5.41, 5.74) is 1.16. The summed E-state index contributed by atoms with van der Waals surface area (Å²) in [5, 5.41) is 12.1. The minimum absolute atomic E-state index is 0.490. The molecule has 1 aliphatic heterocycles. The third-order valence-electron chi connectivity index (χ3n) is 4.36. The van der Waals surface area contributed by atoms with Gasteiger partial charge in [-0.1, -0.05) is 6.07 Å². The molecule has 1 atom stereocenters. The van der Waals surface area contributed by atoms with E-state index < -0.39 is 0 Å². The molecule has 1 aromatic carbocycles. The fraction of sp³-hybridized carbons (Fsp3) is 0.632. The first kappa shape index (κ1) is 19.5. The van der Waals surface area contributed by atoms with Crippen molar-refractivity contribution < 1.29 is 14.2 Å². The van der Waals surface area contributed by atoms with E-state index in [-0.39, 0.29) is 0 Å². The number of methoxy groups -OCH3 is 1. The lowest BCUT2D eigenvalue weighted by Crippen LogP contribution is -2.46. The van der Waals surface area contributed by atoms with Crippen molar-refractivity contribution in [1.82, 2.24) is 10.2 Å². The zero-order chi connectivity index (χ0) is 17.9. The fourth-order valence-electron chi connectivity index (χ4n) is 2.85. The fourth-order valence-corrected chi connectivity index (χ4v) is 2.85. The van der Waals surface area contributed by atoms with E-state index in [2.05, 4.69) is 23.2 Å². The predicted octanol–water partition coefficient (Wildman–Crippen LogP) is 2.19. The first-order chi connectivity index (χ1) is 12.2. The van der Waals surface area contributed by atoms with Gasteiger partial charge in [-0.15, -0.1) is 0 Å². The maximum atomic E-state index is 8.60. The molecule has 1 aliphatic rings. The summed E-state index contributed by atoms with van der Waals surface area (Å²) >= 11 is 0. The van der Waals surface area contributed by atoms with Crippen LogP contribution in [0.1, 0.15) is 25.3 Å². The van der Waals surface area contributed by atoms with Crippen molar-refractivity contribution in [3.8, 4) is 17.6 Å². The molecule has 0 bridgehead atoms. The lowest BCUT2D eigenvalue weighted by atomic mass is 10.2. The maximum absolute atomic E-state index is 8.60. The van der Waals surface area contributed by atoms with E-state index in [0.717, 1.165) is 62.9 Å². The van der Waals surface area contributed by atoms with E-state index in [1.165, 1.54) is 0 Å². The molecule has 1 N–H and O–H groups in total. The zero-order valence-electron chi connectivity index (χ0n) is 15.3. The quantitative estimate of drug-likeness (QED) is 0.655. The number of hydrogen-bond donors (Lipinski definition) is 1. The average Bonchev–Trinajstić information content (AvgIpc) is 2.66. The van der Waals surface area contributed by atoms with Crippen LogP contribution in [0.4, 0.5) is 0 Å². The monoisotopic (exact) mass is 347 g/mol. The summed E-state index contributed by atoms with van der Waals surface area (Å²) in [4.78, 5) is 2.45. The Kier molecular flexibility index (Phi) is 8.53. The van der Waals surface area contributed by atoms with Gasteiger partial charge in [0.25, 0.3) is 0 Å². The van der Waals surface area contributed by atoms with Crippen molar-refractivity contribution in [2.45, 2.75) is 32.4 Å². The van der Waals surface area contributed by atoms with Crippen LogP contribution < -0.4 is 14.8 Å². The van der Waals surface area contributed by atoms with Gasteiger partial charge in [0.2, 0.25) is 0 Å². The number of ether oxygens (including phenoxy) is 3. The third kappa shape index (κ3) is 6.54. The van der Waals surface area contributed by atoms with Crippen molar-refractivity contribution in [3.63, 3.8) is 0 Å². The number of nitrogens with zero attached hydrogens (tertiary/aromatic N) is 2. The van der Waals surface area contributed by atoms with Crippen LogP contribution >= 0.6 is 0 Å². The predicted molar refractivity (Wildman–Crippen MR) is 96.9 cm³/mol. The second-order valence-corrected chi connectivity index (χ2v) is 6.22. The van der Waals surface area contributed by atoms with Crippen LogP contribution in [0.2, 0.25) is 0 Å². The smallest absolute Gasteiger partial charge is 0.161 e. The lowest BCUT2D eigenvalue weighted by molar-refractivity contribution is 0.0203. The molecule has 1 fully saturated rings. The van der Waals surface area contributed by atoms with Crippen LogP contribution in [-0.4, -0.2) is 57.5 Å². The van der Waals surface area contributed by atoms with Crippen LogP contribution in [-0.2, 0) is 11.3 Å². The number of hydrogen-bond acceptors (Lipinski definition) is 6. The molecular weight excluding hydrogens is 318 g/mol.